The summed E-state index contributed by atoms with van der Waals surface area (Å²) in [4.78, 5) is 12.6. The van der Waals surface area contributed by atoms with Gasteiger partial charge in [0.15, 0.2) is 11.5 Å². The molecule has 0 amide bonds. The van der Waals surface area contributed by atoms with E-state index in [2.05, 4.69) is 53.0 Å². The van der Waals surface area contributed by atoms with Crippen LogP contribution in [0.1, 0.15) is 57.5 Å². The third kappa shape index (κ3) is 4.30. The van der Waals surface area contributed by atoms with Gasteiger partial charge in [-0.1, -0.05) is 47.5 Å². The molecule has 6 heteroatoms. The summed E-state index contributed by atoms with van der Waals surface area (Å²) in [5, 5.41) is 0. The molecule has 0 aliphatic carbocycles. The number of hydrogen-bond donors (Lipinski definition) is 0. The summed E-state index contributed by atoms with van der Waals surface area (Å²) in [7, 11) is 3.90. The van der Waals surface area contributed by atoms with E-state index >= 15 is 0 Å². The third-order valence-corrected chi connectivity index (χ3v) is 11.8. The summed E-state index contributed by atoms with van der Waals surface area (Å²) in [6, 6.07) is 1.62. The van der Waals surface area contributed by atoms with Gasteiger partial charge in [0, 0.05) is 6.07 Å². The van der Waals surface area contributed by atoms with Crippen molar-refractivity contribution in [1.29, 1.82) is 0 Å². The van der Waals surface area contributed by atoms with Crippen molar-refractivity contribution in [2.24, 2.45) is 0 Å². The maximum Gasteiger partial charge on any atom is 0.343 e. The first-order chi connectivity index (χ1) is 13.1. The smallest absolute Gasteiger partial charge is 0.343 e. The standard InChI is InChI=1S/C22H34O5Si/c1-14(2)28(15(3)4,16(5)6)12-11-17-20(22(23)27-10)18(24-7)13-19(25-8)21(17)26-9/h13-16H,1-10H3. The minimum absolute atomic E-state index is 0.259. The second-order valence-corrected chi connectivity index (χ2v) is 13.3. The van der Waals surface area contributed by atoms with E-state index in [0.29, 0.717) is 39.4 Å². The van der Waals surface area contributed by atoms with E-state index in [-0.39, 0.29) is 5.56 Å². The molecule has 0 radical (unpaired) electrons. The summed E-state index contributed by atoms with van der Waals surface area (Å²) in [6.07, 6.45) is 0. The van der Waals surface area contributed by atoms with Crippen molar-refractivity contribution in [2.75, 3.05) is 28.4 Å². The Kier molecular flexibility index (Phi) is 8.43. The maximum atomic E-state index is 12.6. The first kappa shape index (κ1) is 23.9. The lowest BCUT2D eigenvalue weighted by atomic mass is 10.0. The van der Waals surface area contributed by atoms with Gasteiger partial charge in [-0.15, -0.1) is 5.54 Å². The number of rotatable bonds is 7. The molecule has 0 spiro atoms. The molecule has 1 rings (SSSR count). The lowest BCUT2D eigenvalue weighted by molar-refractivity contribution is 0.0596. The van der Waals surface area contributed by atoms with Crippen molar-refractivity contribution in [2.45, 2.75) is 58.2 Å². The molecule has 156 valence electrons. The molecule has 0 aliphatic heterocycles. The van der Waals surface area contributed by atoms with Gasteiger partial charge in [-0.05, 0) is 16.6 Å². The minimum Gasteiger partial charge on any atom is -0.496 e. The molecule has 28 heavy (non-hydrogen) atoms. The Hall–Kier alpha value is -2.13. The number of carbonyl (C=O) groups excluding carboxylic acids is 1. The van der Waals surface area contributed by atoms with Crippen LogP contribution in [0.15, 0.2) is 6.07 Å². The van der Waals surface area contributed by atoms with Gasteiger partial charge in [-0.3, -0.25) is 0 Å². The number of benzene rings is 1. The molecule has 1 aromatic carbocycles. The molecule has 0 saturated carbocycles. The van der Waals surface area contributed by atoms with Crippen LogP contribution in [0, 0.1) is 11.5 Å². The van der Waals surface area contributed by atoms with E-state index in [1.165, 1.54) is 21.3 Å². The topological polar surface area (TPSA) is 54.0 Å². The Bertz CT molecular complexity index is 735. The Morgan fingerprint density at radius 1 is 0.857 bits per heavy atom. The number of ether oxygens (including phenoxy) is 4. The van der Waals surface area contributed by atoms with Crippen LogP contribution in [0.3, 0.4) is 0 Å². The Morgan fingerprint density at radius 3 is 1.71 bits per heavy atom. The quantitative estimate of drug-likeness (QED) is 0.359. The molecule has 0 saturated heterocycles. The highest BCUT2D eigenvalue weighted by molar-refractivity contribution is 6.90. The fraction of sp³-hybridized carbons (Fsp3) is 0.591. The summed E-state index contributed by atoms with van der Waals surface area (Å²) in [5.74, 6) is 4.01. The Labute approximate surface area is 170 Å². The lowest BCUT2D eigenvalue weighted by Crippen LogP contribution is -2.43. The highest BCUT2D eigenvalue weighted by atomic mass is 28.3. The molecule has 0 aliphatic rings. The second kappa shape index (κ2) is 9.88. The van der Waals surface area contributed by atoms with Gasteiger partial charge < -0.3 is 18.9 Å². The molecule has 0 aromatic heterocycles. The van der Waals surface area contributed by atoms with Crippen molar-refractivity contribution in [3.05, 3.63) is 17.2 Å². The highest BCUT2D eigenvalue weighted by Crippen LogP contribution is 2.42. The number of esters is 1. The van der Waals surface area contributed by atoms with Crippen molar-refractivity contribution in [1.82, 2.24) is 0 Å². The van der Waals surface area contributed by atoms with Crippen LogP contribution in [-0.4, -0.2) is 42.5 Å². The van der Waals surface area contributed by atoms with E-state index in [4.69, 9.17) is 18.9 Å². The fourth-order valence-electron chi connectivity index (χ4n) is 4.16. The summed E-state index contributed by atoms with van der Waals surface area (Å²) in [5.41, 5.74) is 5.72. The van der Waals surface area contributed by atoms with E-state index in [9.17, 15) is 4.79 Å². The predicted octanol–water partition coefficient (Wildman–Crippen LogP) is 5.07. The van der Waals surface area contributed by atoms with Crippen LogP contribution in [-0.2, 0) is 4.74 Å². The molecule has 0 atom stereocenters. The fourth-order valence-corrected chi connectivity index (χ4v) is 9.37. The first-order valence-corrected chi connectivity index (χ1v) is 11.8. The van der Waals surface area contributed by atoms with Gasteiger partial charge in [0.25, 0.3) is 0 Å². The SMILES string of the molecule is COC(=O)c1c(OC)cc(OC)c(OC)c1C#C[Si](C(C)C)(C(C)C)C(C)C. The second-order valence-electron chi connectivity index (χ2n) is 7.70. The zero-order valence-corrected chi connectivity index (χ0v) is 19.9. The van der Waals surface area contributed by atoms with Gasteiger partial charge >= 0.3 is 5.97 Å². The van der Waals surface area contributed by atoms with Crippen molar-refractivity contribution >= 4 is 14.0 Å². The lowest BCUT2D eigenvalue weighted by Gasteiger charge is -2.38. The van der Waals surface area contributed by atoms with Crippen LogP contribution in [0.5, 0.6) is 17.2 Å². The highest BCUT2D eigenvalue weighted by Gasteiger charge is 2.42. The van der Waals surface area contributed by atoms with Crippen molar-refractivity contribution in [3.8, 4) is 28.7 Å². The van der Waals surface area contributed by atoms with Crippen molar-refractivity contribution in [3.63, 3.8) is 0 Å². The molecule has 0 unspecified atom stereocenters. The van der Waals surface area contributed by atoms with Gasteiger partial charge in [-0.2, -0.15) is 0 Å². The van der Waals surface area contributed by atoms with Crippen LogP contribution in [0.25, 0.3) is 0 Å². The summed E-state index contributed by atoms with van der Waals surface area (Å²) >= 11 is 0. The van der Waals surface area contributed by atoms with Crippen LogP contribution >= 0.6 is 0 Å². The molecule has 0 fully saturated rings. The van der Waals surface area contributed by atoms with Crippen LogP contribution < -0.4 is 14.2 Å². The van der Waals surface area contributed by atoms with Gasteiger partial charge in [0.2, 0.25) is 0 Å². The normalized spacial score (nSPS) is 11.3. The largest absolute Gasteiger partial charge is 0.496 e. The van der Waals surface area contributed by atoms with Crippen LogP contribution in [0.4, 0.5) is 0 Å². The molecule has 0 bridgehead atoms. The number of carbonyl (C=O) groups is 1. The van der Waals surface area contributed by atoms with E-state index < -0.39 is 14.0 Å². The maximum absolute atomic E-state index is 12.6. The number of hydrogen-bond acceptors (Lipinski definition) is 5. The molecular weight excluding hydrogens is 372 g/mol. The van der Waals surface area contributed by atoms with E-state index in [1.54, 1.807) is 13.2 Å². The average molecular weight is 407 g/mol. The Balaban J connectivity index is 3.95. The minimum atomic E-state index is -2.02. The average Bonchev–Trinajstić information content (AvgIpc) is 2.65. The first-order valence-electron chi connectivity index (χ1n) is 9.56. The zero-order valence-electron chi connectivity index (χ0n) is 18.9. The zero-order chi connectivity index (χ0) is 21.6. The van der Waals surface area contributed by atoms with Crippen molar-refractivity contribution < 1.29 is 23.7 Å². The van der Waals surface area contributed by atoms with Crippen LogP contribution in [0.2, 0.25) is 16.6 Å². The molecule has 0 N–H and O–H groups in total. The Morgan fingerprint density at radius 2 is 1.36 bits per heavy atom. The van der Waals surface area contributed by atoms with E-state index in [1.807, 2.05) is 0 Å². The van der Waals surface area contributed by atoms with E-state index in [0.717, 1.165) is 0 Å². The monoisotopic (exact) mass is 406 g/mol. The molecular formula is C22H34O5Si. The summed E-state index contributed by atoms with van der Waals surface area (Å²) in [6.45, 7) is 13.4. The van der Waals surface area contributed by atoms with Gasteiger partial charge in [0.05, 0.1) is 34.0 Å². The molecule has 0 heterocycles. The predicted molar refractivity (Wildman–Crippen MR) is 115 cm³/mol. The third-order valence-electron chi connectivity index (χ3n) is 5.51. The van der Waals surface area contributed by atoms with Gasteiger partial charge in [0.1, 0.15) is 19.4 Å². The van der Waals surface area contributed by atoms with Gasteiger partial charge in [-0.25, -0.2) is 4.79 Å². The summed E-state index contributed by atoms with van der Waals surface area (Å²) < 4.78 is 21.4. The number of methoxy groups -OCH3 is 4. The molecule has 5 nitrogen and oxygen atoms in total. The molecule has 1 aromatic rings.